The monoisotopic (exact) mass is 340 g/mol. The summed E-state index contributed by atoms with van der Waals surface area (Å²) in [5.41, 5.74) is 12.6. The van der Waals surface area contributed by atoms with Gasteiger partial charge in [0.15, 0.2) is 5.65 Å². The van der Waals surface area contributed by atoms with Crippen molar-refractivity contribution in [1.29, 1.82) is 0 Å². The van der Waals surface area contributed by atoms with E-state index in [2.05, 4.69) is 45.8 Å². The van der Waals surface area contributed by atoms with Crippen LogP contribution in [-0.2, 0) is 5.54 Å². The summed E-state index contributed by atoms with van der Waals surface area (Å²) < 4.78 is 2.10. The maximum absolute atomic E-state index is 6.47. The van der Waals surface area contributed by atoms with Gasteiger partial charge in [-0.3, -0.25) is 9.38 Å². The first-order chi connectivity index (χ1) is 12.7. The molecule has 0 aliphatic heterocycles. The van der Waals surface area contributed by atoms with Gasteiger partial charge in [0.1, 0.15) is 0 Å². The zero-order valence-electron chi connectivity index (χ0n) is 14.5. The van der Waals surface area contributed by atoms with Crippen LogP contribution < -0.4 is 5.73 Å². The van der Waals surface area contributed by atoms with Crippen LogP contribution in [0.2, 0.25) is 0 Å². The highest BCUT2D eigenvalue weighted by Crippen LogP contribution is 2.39. The van der Waals surface area contributed by atoms with Gasteiger partial charge >= 0.3 is 0 Å². The van der Waals surface area contributed by atoms with Crippen LogP contribution in [0.3, 0.4) is 0 Å². The summed E-state index contributed by atoms with van der Waals surface area (Å²) in [5.74, 6) is 0. The molecule has 0 atom stereocenters. The predicted octanol–water partition coefficient (Wildman–Crippen LogP) is 4.40. The highest BCUT2D eigenvalue weighted by atomic mass is 15.0. The van der Waals surface area contributed by atoms with Crippen molar-refractivity contribution >= 4 is 5.65 Å². The molecule has 2 aromatic carbocycles. The van der Waals surface area contributed by atoms with Gasteiger partial charge in [0.25, 0.3) is 0 Å². The summed E-state index contributed by atoms with van der Waals surface area (Å²) in [7, 11) is 0. The Morgan fingerprint density at radius 1 is 0.885 bits per heavy atom. The molecule has 0 bridgehead atoms. The van der Waals surface area contributed by atoms with E-state index in [1.807, 2.05) is 36.8 Å². The zero-order valence-corrected chi connectivity index (χ0v) is 14.5. The molecule has 128 valence electrons. The van der Waals surface area contributed by atoms with E-state index in [0.717, 1.165) is 41.0 Å². The lowest BCUT2D eigenvalue weighted by molar-refractivity contribution is 0.253. The number of aromatic nitrogens is 3. The standard InChI is InChI=1S/C22H20N4/c23-22(11-4-12-22)18-9-7-16(8-10-18)20-21(17-5-2-1-3-6-17)26-14-13-24-19(26)15-25-20/h1-3,5-10,13-15H,4,11-12,23H2. The van der Waals surface area contributed by atoms with Crippen LogP contribution in [0.5, 0.6) is 0 Å². The molecule has 2 N–H and O–H groups in total. The Bertz CT molecular complexity index is 1060. The van der Waals surface area contributed by atoms with Crippen molar-refractivity contribution < 1.29 is 0 Å². The maximum atomic E-state index is 6.47. The van der Waals surface area contributed by atoms with Gasteiger partial charge in [0.05, 0.1) is 17.6 Å². The first-order valence-electron chi connectivity index (χ1n) is 9.02. The lowest BCUT2D eigenvalue weighted by atomic mass is 9.72. The summed E-state index contributed by atoms with van der Waals surface area (Å²) in [6.07, 6.45) is 8.98. The SMILES string of the molecule is NC1(c2ccc(-c3ncc4nccn4c3-c3ccccc3)cc2)CCC1. The van der Waals surface area contributed by atoms with E-state index in [1.54, 1.807) is 0 Å². The molecule has 0 spiro atoms. The van der Waals surface area contributed by atoms with Crippen molar-refractivity contribution in [3.8, 4) is 22.5 Å². The number of benzene rings is 2. The minimum absolute atomic E-state index is 0.136. The van der Waals surface area contributed by atoms with Crippen molar-refractivity contribution in [2.24, 2.45) is 5.73 Å². The van der Waals surface area contributed by atoms with E-state index in [1.165, 1.54) is 12.0 Å². The minimum Gasteiger partial charge on any atom is -0.321 e. The van der Waals surface area contributed by atoms with Crippen LogP contribution in [0.1, 0.15) is 24.8 Å². The Morgan fingerprint density at radius 3 is 2.35 bits per heavy atom. The van der Waals surface area contributed by atoms with Crippen molar-refractivity contribution in [2.75, 3.05) is 0 Å². The van der Waals surface area contributed by atoms with E-state index in [-0.39, 0.29) is 5.54 Å². The average Bonchev–Trinajstić information content (AvgIpc) is 3.15. The van der Waals surface area contributed by atoms with Gasteiger partial charge in [-0.15, -0.1) is 0 Å². The van der Waals surface area contributed by atoms with Crippen LogP contribution in [-0.4, -0.2) is 14.4 Å². The third-order valence-electron chi connectivity index (χ3n) is 5.47. The second kappa shape index (κ2) is 5.78. The lowest BCUT2D eigenvalue weighted by Gasteiger charge is -2.38. The highest BCUT2D eigenvalue weighted by Gasteiger charge is 2.34. The molecule has 0 unspecified atom stereocenters. The Balaban J connectivity index is 1.67. The summed E-state index contributed by atoms with van der Waals surface area (Å²) >= 11 is 0. The summed E-state index contributed by atoms with van der Waals surface area (Å²) in [4.78, 5) is 9.13. The van der Waals surface area contributed by atoms with Crippen LogP contribution in [0.4, 0.5) is 0 Å². The Labute approximate surface area is 152 Å². The lowest BCUT2D eigenvalue weighted by Crippen LogP contribution is -2.43. The normalized spacial score (nSPS) is 15.7. The quantitative estimate of drug-likeness (QED) is 0.601. The van der Waals surface area contributed by atoms with Gasteiger partial charge in [0, 0.05) is 29.1 Å². The van der Waals surface area contributed by atoms with Crippen LogP contribution in [0.25, 0.3) is 28.2 Å². The average molecular weight is 340 g/mol. The molecular formula is C22H20N4. The van der Waals surface area contributed by atoms with Gasteiger partial charge in [0.2, 0.25) is 0 Å². The number of imidazole rings is 1. The van der Waals surface area contributed by atoms with Gasteiger partial charge in [-0.2, -0.15) is 0 Å². The molecule has 2 aromatic heterocycles. The van der Waals surface area contributed by atoms with Crippen molar-refractivity contribution in [3.63, 3.8) is 0 Å². The Morgan fingerprint density at radius 2 is 1.65 bits per heavy atom. The first-order valence-corrected chi connectivity index (χ1v) is 9.02. The fourth-order valence-electron chi connectivity index (χ4n) is 3.79. The second-order valence-corrected chi connectivity index (χ2v) is 7.06. The van der Waals surface area contributed by atoms with Crippen molar-refractivity contribution in [3.05, 3.63) is 78.8 Å². The van der Waals surface area contributed by atoms with Crippen molar-refractivity contribution in [1.82, 2.24) is 14.4 Å². The number of rotatable bonds is 3. The molecule has 4 heteroatoms. The molecule has 26 heavy (non-hydrogen) atoms. The molecule has 0 radical (unpaired) electrons. The number of hydrogen-bond donors (Lipinski definition) is 1. The molecule has 1 aliphatic carbocycles. The molecule has 0 amide bonds. The number of nitrogens with two attached hydrogens (primary N) is 1. The van der Waals surface area contributed by atoms with E-state index in [9.17, 15) is 0 Å². The topological polar surface area (TPSA) is 56.2 Å². The summed E-state index contributed by atoms with van der Waals surface area (Å²) in [5, 5.41) is 0. The van der Waals surface area contributed by atoms with Crippen LogP contribution in [0, 0.1) is 0 Å². The number of nitrogens with zero attached hydrogens (tertiary/aromatic N) is 3. The Kier molecular flexibility index (Phi) is 3.40. The molecular weight excluding hydrogens is 320 g/mol. The zero-order chi connectivity index (χ0) is 17.6. The van der Waals surface area contributed by atoms with Crippen LogP contribution in [0.15, 0.2) is 73.2 Å². The predicted molar refractivity (Wildman–Crippen MR) is 104 cm³/mol. The molecule has 2 heterocycles. The third kappa shape index (κ3) is 2.34. The smallest absolute Gasteiger partial charge is 0.155 e. The molecule has 1 saturated carbocycles. The molecule has 0 saturated heterocycles. The summed E-state index contributed by atoms with van der Waals surface area (Å²) in [6.45, 7) is 0. The highest BCUT2D eigenvalue weighted by molar-refractivity contribution is 5.80. The third-order valence-corrected chi connectivity index (χ3v) is 5.47. The molecule has 5 rings (SSSR count). The van der Waals surface area contributed by atoms with Gasteiger partial charge < -0.3 is 5.73 Å². The Hall–Kier alpha value is -2.98. The molecule has 1 fully saturated rings. The number of fused-ring (bicyclic) bond motifs is 1. The molecule has 1 aliphatic rings. The van der Waals surface area contributed by atoms with E-state index in [0.29, 0.717) is 0 Å². The van der Waals surface area contributed by atoms with E-state index >= 15 is 0 Å². The van der Waals surface area contributed by atoms with Gasteiger partial charge in [-0.25, -0.2) is 4.98 Å². The first kappa shape index (κ1) is 15.3. The van der Waals surface area contributed by atoms with E-state index in [4.69, 9.17) is 10.7 Å². The number of hydrogen-bond acceptors (Lipinski definition) is 3. The van der Waals surface area contributed by atoms with Gasteiger partial charge in [-0.1, -0.05) is 54.6 Å². The largest absolute Gasteiger partial charge is 0.321 e. The summed E-state index contributed by atoms with van der Waals surface area (Å²) in [6, 6.07) is 18.9. The minimum atomic E-state index is -0.136. The molecule has 4 nitrogen and oxygen atoms in total. The van der Waals surface area contributed by atoms with Gasteiger partial charge in [-0.05, 0) is 24.8 Å². The molecule has 4 aromatic rings. The maximum Gasteiger partial charge on any atom is 0.155 e. The van der Waals surface area contributed by atoms with Crippen molar-refractivity contribution in [2.45, 2.75) is 24.8 Å². The van der Waals surface area contributed by atoms with E-state index < -0.39 is 0 Å². The fourth-order valence-corrected chi connectivity index (χ4v) is 3.79. The fraction of sp³-hybridized carbons (Fsp3) is 0.182. The second-order valence-electron chi connectivity index (χ2n) is 7.06. The van der Waals surface area contributed by atoms with Crippen LogP contribution >= 0.6 is 0 Å².